The van der Waals surface area contributed by atoms with Gasteiger partial charge in [-0.05, 0) is 32.9 Å². The first-order chi connectivity index (χ1) is 9.97. The zero-order valence-corrected chi connectivity index (χ0v) is 13.6. The fourth-order valence-electron chi connectivity index (χ4n) is 2.63. The Morgan fingerprint density at radius 2 is 2.19 bits per heavy atom. The molecule has 114 valence electrons. The molecule has 3 rings (SSSR count). The van der Waals surface area contributed by atoms with Crippen molar-refractivity contribution < 1.29 is 4.39 Å². The summed E-state index contributed by atoms with van der Waals surface area (Å²) in [6, 6.07) is 3.71. The molecule has 1 heterocycles. The van der Waals surface area contributed by atoms with E-state index in [4.69, 9.17) is 23.2 Å². The van der Waals surface area contributed by atoms with Crippen LogP contribution in [0.25, 0.3) is 11.0 Å². The minimum Gasteiger partial charge on any atom is -0.325 e. The molecule has 0 aliphatic heterocycles. The fourth-order valence-corrected chi connectivity index (χ4v) is 2.96. The molecule has 0 amide bonds. The first-order valence-electron chi connectivity index (χ1n) is 7.17. The van der Waals surface area contributed by atoms with Crippen LogP contribution in [0, 0.1) is 5.82 Å². The van der Waals surface area contributed by atoms with Crippen molar-refractivity contribution in [1.29, 1.82) is 0 Å². The predicted molar refractivity (Wildman–Crippen MR) is 84.6 cm³/mol. The number of halogens is 3. The Morgan fingerprint density at radius 3 is 2.81 bits per heavy atom. The lowest BCUT2D eigenvalue weighted by atomic mass is 10.3. The van der Waals surface area contributed by atoms with Gasteiger partial charge in [0.25, 0.3) is 0 Å². The van der Waals surface area contributed by atoms with Crippen LogP contribution in [-0.2, 0) is 6.54 Å². The zero-order valence-electron chi connectivity index (χ0n) is 12.1. The molecule has 1 aromatic carbocycles. The lowest BCUT2D eigenvalue weighted by Crippen LogP contribution is -2.25. The summed E-state index contributed by atoms with van der Waals surface area (Å²) >= 11 is 12.1. The molecule has 1 fully saturated rings. The van der Waals surface area contributed by atoms with Crippen molar-refractivity contribution in [2.24, 2.45) is 0 Å². The van der Waals surface area contributed by atoms with Crippen LogP contribution in [-0.4, -0.2) is 34.1 Å². The topological polar surface area (TPSA) is 21.1 Å². The molecule has 0 saturated heterocycles. The third-order valence-corrected chi connectivity index (χ3v) is 4.51. The summed E-state index contributed by atoms with van der Waals surface area (Å²) in [6.07, 6.45) is 2.54. The predicted octanol–water partition coefficient (Wildman–Crippen LogP) is 4.22. The Bertz CT molecular complexity index is 664. The summed E-state index contributed by atoms with van der Waals surface area (Å²) in [7, 11) is 2.12. The van der Waals surface area contributed by atoms with Crippen LogP contribution in [0.15, 0.2) is 12.1 Å². The number of imidazole rings is 1. The molecule has 1 aromatic heterocycles. The highest BCUT2D eigenvalue weighted by molar-refractivity contribution is 6.31. The van der Waals surface area contributed by atoms with Gasteiger partial charge in [0, 0.05) is 25.2 Å². The molecular weight excluding hydrogens is 312 g/mol. The van der Waals surface area contributed by atoms with Gasteiger partial charge in [-0.25, -0.2) is 9.37 Å². The van der Waals surface area contributed by atoms with Crippen LogP contribution in [0.2, 0.25) is 5.02 Å². The van der Waals surface area contributed by atoms with Gasteiger partial charge in [0.1, 0.15) is 11.6 Å². The van der Waals surface area contributed by atoms with Gasteiger partial charge in [0.05, 0.1) is 21.4 Å². The van der Waals surface area contributed by atoms with Crippen LogP contribution in [0.4, 0.5) is 4.39 Å². The van der Waals surface area contributed by atoms with E-state index in [1.165, 1.54) is 18.9 Å². The summed E-state index contributed by atoms with van der Waals surface area (Å²) in [4.78, 5) is 6.85. The van der Waals surface area contributed by atoms with Crippen molar-refractivity contribution >= 4 is 34.2 Å². The Kier molecular flexibility index (Phi) is 4.12. The number of hydrogen-bond donors (Lipinski definition) is 0. The van der Waals surface area contributed by atoms with E-state index in [1.54, 1.807) is 6.07 Å². The third-order valence-electron chi connectivity index (χ3n) is 4.02. The molecule has 1 unspecified atom stereocenters. The average molecular weight is 330 g/mol. The molecule has 0 N–H and O–H groups in total. The first-order valence-corrected chi connectivity index (χ1v) is 7.98. The van der Waals surface area contributed by atoms with Crippen molar-refractivity contribution in [2.75, 3.05) is 13.6 Å². The molecule has 6 heteroatoms. The number of rotatable bonds is 5. The van der Waals surface area contributed by atoms with Crippen molar-refractivity contribution in [3.8, 4) is 0 Å². The van der Waals surface area contributed by atoms with E-state index in [1.807, 2.05) is 11.5 Å². The van der Waals surface area contributed by atoms with Crippen molar-refractivity contribution in [2.45, 2.75) is 37.7 Å². The number of benzene rings is 1. The van der Waals surface area contributed by atoms with Crippen LogP contribution < -0.4 is 0 Å². The third kappa shape index (κ3) is 3.03. The van der Waals surface area contributed by atoms with Gasteiger partial charge in [-0.1, -0.05) is 11.6 Å². The van der Waals surface area contributed by atoms with Gasteiger partial charge in [0.15, 0.2) is 0 Å². The Labute approximate surface area is 133 Å². The molecule has 0 spiro atoms. The molecule has 1 saturated carbocycles. The summed E-state index contributed by atoms with van der Waals surface area (Å²) in [5, 5.41) is -0.138. The van der Waals surface area contributed by atoms with Gasteiger partial charge in [0.2, 0.25) is 0 Å². The lowest BCUT2D eigenvalue weighted by molar-refractivity contribution is 0.309. The highest BCUT2D eigenvalue weighted by Crippen LogP contribution is 2.29. The lowest BCUT2D eigenvalue weighted by Gasteiger charge is -2.18. The average Bonchev–Trinajstić information content (AvgIpc) is 3.21. The molecule has 2 aromatic rings. The van der Waals surface area contributed by atoms with E-state index < -0.39 is 5.82 Å². The summed E-state index contributed by atoms with van der Waals surface area (Å²) < 4.78 is 15.8. The van der Waals surface area contributed by atoms with Crippen molar-refractivity contribution in [3.63, 3.8) is 0 Å². The number of aromatic nitrogens is 2. The second kappa shape index (κ2) is 5.75. The Balaban J connectivity index is 1.96. The van der Waals surface area contributed by atoms with Crippen molar-refractivity contribution in [3.05, 3.63) is 28.8 Å². The van der Waals surface area contributed by atoms with E-state index in [2.05, 4.69) is 16.9 Å². The first kappa shape index (κ1) is 15.1. The maximum atomic E-state index is 13.8. The minimum atomic E-state index is -0.422. The maximum absolute atomic E-state index is 13.8. The van der Waals surface area contributed by atoms with E-state index >= 15 is 0 Å². The normalized spacial score (nSPS) is 16.9. The number of nitrogens with zero attached hydrogens (tertiary/aromatic N) is 3. The molecule has 21 heavy (non-hydrogen) atoms. The fraction of sp³-hybridized carbons (Fsp3) is 0.533. The maximum Gasteiger partial charge on any atom is 0.144 e. The highest BCUT2D eigenvalue weighted by Gasteiger charge is 2.26. The minimum absolute atomic E-state index is 0.0935. The number of likely N-dealkylation sites (N-methyl/N-ethyl adjacent to an activating group) is 1. The van der Waals surface area contributed by atoms with Gasteiger partial charge in [-0.3, -0.25) is 0 Å². The van der Waals surface area contributed by atoms with Gasteiger partial charge in [-0.2, -0.15) is 0 Å². The van der Waals surface area contributed by atoms with Crippen LogP contribution in [0.5, 0.6) is 0 Å². The van der Waals surface area contributed by atoms with E-state index in [-0.39, 0.29) is 10.4 Å². The van der Waals surface area contributed by atoms with Gasteiger partial charge < -0.3 is 9.47 Å². The highest BCUT2D eigenvalue weighted by atomic mass is 35.5. The summed E-state index contributed by atoms with van der Waals surface area (Å²) in [6.45, 7) is 3.52. The molecule has 3 nitrogen and oxygen atoms in total. The second-order valence-electron chi connectivity index (χ2n) is 5.70. The SMILES string of the molecule is CC(Cl)c1nc2cc(Cl)c(F)cc2n1CCN(C)C1CC1. The summed E-state index contributed by atoms with van der Waals surface area (Å²) in [5.74, 6) is 0.340. The molecule has 0 radical (unpaired) electrons. The largest absolute Gasteiger partial charge is 0.325 e. The Hall–Kier alpha value is -0.840. The van der Waals surface area contributed by atoms with Crippen LogP contribution in [0.3, 0.4) is 0 Å². The van der Waals surface area contributed by atoms with Crippen molar-refractivity contribution in [1.82, 2.24) is 14.5 Å². The number of fused-ring (bicyclic) bond motifs is 1. The quantitative estimate of drug-likeness (QED) is 0.765. The number of hydrogen-bond acceptors (Lipinski definition) is 2. The molecule has 1 aliphatic carbocycles. The zero-order chi connectivity index (χ0) is 15.1. The summed E-state index contributed by atoms with van der Waals surface area (Å²) in [5.41, 5.74) is 1.45. The Morgan fingerprint density at radius 1 is 1.48 bits per heavy atom. The smallest absolute Gasteiger partial charge is 0.144 e. The van der Waals surface area contributed by atoms with E-state index in [9.17, 15) is 4.39 Å². The molecule has 1 atom stereocenters. The van der Waals surface area contributed by atoms with Crippen LogP contribution >= 0.6 is 23.2 Å². The number of alkyl halides is 1. The monoisotopic (exact) mass is 329 g/mol. The van der Waals surface area contributed by atoms with E-state index in [0.717, 1.165) is 24.4 Å². The van der Waals surface area contributed by atoms with E-state index in [0.29, 0.717) is 11.6 Å². The standard InChI is InChI=1S/C15H18Cl2FN3/c1-9(16)15-19-13-7-11(17)12(18)8-14(13)21(15)6-5-20(2)10-3-4-10/h7-10H,3-6H2,1-2H3. The van der Waals surface area contributed by atoms with Gasteiger partial charge >= 0.3 is 0 Å². The van der Waals surface area contributed by atoms with Gasteiger partial charge in [-0.15, -0.1) is 11.6 Å². The molecule has 1 aliphatic rings. The second-order valence-corrected chi connectivity index (χ2v) is 6.77. The molecule has 0 bridgehead atoms. The molecular formula is C15H18Cl2FN3. The van der Waals surface area contributed by atoms with Crippen LogP contribution in [0.1, 0.15) is 31.0 Å².